The number of alkyl halides is 3. The molecule has 4 nitrogen and oxygen atoms in total. The van der Waals surface area contributed by atoms with Crippen LogP contribution in [0.1, 0.15) is 42.4 Å². The van der Waals surface area contributed by atoms with Crippen LogP contribution < -0.4 is 5.32 Å². The molecule has 174 valence electrons. The van der Waals surface area contributed by atoms with Gasteiger partial charge in [0.25, 0.3) is 0 Å². The minimum Gasteiger partial charge on any atom is -0.353 e. The molecule has 1 N–H and O–H groups in total. The van der Waals surface area contributed by atoms with Crippen LogP contribution in [0.3, 0.4) is 0 Å². The van der Waals surface area contributed by atoms with Crippen molar-refractivity contribution in [2.75, 3.05) is 19.8 Å². The third-order valence-electron chi connectivity index (χ3n) is 6.26. The number of carbonyl (C=O) groups is 1. The number of aryl methyl sites for hydroxylation is 1. The summed E-state index contributed by atoms with van der Waals surface area (Å²) in [5, 5.41) is 3.49. The predicted octanol–water partition coefficient (Wildman–Crippen LogP) is 5.10. The van der Waals surface area contributed by atoms with Crippen LogP contribution in [0, 0.1) is 6.92 Å². The molecule has 1 heterocycles. The average molecular weight is 466 g/mol. The van der Waals surface area contributed by atoms with Crippen molar-refractivity contribution >= 4 is 17.7 Å². The zero-order valence-corrected chi connectivity index (χ0v) is 19.5. The summed E-state index contributed by atoms with van der Waals surface area (Å²) in [4.78, 5) is 18.5. The minimum absolute atomic E-state index is 0.0773. The Balaban J connectivity index is 1.49. The van der Waals surface area contributed by atoms with Gasteiger partial charge in [0, 0.05) is 17.8 Å². The van der Waals surface area contributed by atoms with Crippen LogP contribution in [0.25, 0.3) is 0 Å². The molecule has 2 aromatic rings. The molecule has 0 bridgehead atoms. The van der Waals surface area contributed by atoms with Gasteiger partial charge in [-0.05, 0) is 70.8 Å². The number of thioether (sulfide) groups is 1. The van der Waals surface area contributed by atoms with E-state index in [1.165, 1.54) is 17.2 Å². The third kappa shape index (κ3) is 6.48. The maximum absolute atomic E-state index is 12.6. The van der Waals surface area contributed by atoms with Gasteiger partial charge in [-0.15, -0.1) is 0 Å². The highest BCUT2D eigenvalue weighted by molar-refractivity contribution is 7.99. The van der Waals surface area contributed by atoms with Crippen molar-refractivity contribution in [2.24, 2.45) is 0 Å². The molecule has 1 aliphatic carbocycles. The largest absolute Gasteiger partial charge is 0.417 e. The minimum atomic E-state index is -4.41. The lowest BCUT2D eigenvalue weighted by Gasteiger charge is -2.45. The van der Waals surface area contributed by atoms with Gasteiger partial charge in [-0.1, -0.05) is 41.6 Å². The maximum Gasteiger partial charge on any atom is 0.417 e. The van der Waals surface area contributed by atoms with Gasteiger partial charge in [0.2, 0.25) is 5.91 Å². The van der Waals surface area contributed by atoms with Crippen molar-refractivity contribution in [3.05, 3.63) is 59.3 Å². The molecule has 0 aliphatic heterocycles. The number of halogens is 3. The Bertz CT molecular complexity index is 907. The van der Waals surface area contributed by atoms with E-state index in [0.717, 1.165) is 56.1 Å². The summed E-state index contributed by atoms with van der Waals surface area (Å²) in [6.45, 7) is 2.11. The second kappa shape index (κ2) is 10.3. The molecule has 1 fully saturated rings. The van der Waals surface area contributed by atoms with Crippen LogP contribution in [-0.4, -0.2) is 47.2 Å². The van der Waals surface area contributed by atoms with E-state index in [0.29, 0.717) is 5.03 Å². The summed E-state index contributed by atoms with van der Waals surface area (Å²) in [6, 6.07) is 11.0. The van der Waals surface area contributed by atoms with Crippen LogP contribution in [-0.2, 0) is 17.4 Å². The van der Waals surface area contributed by atoms with E-state index in [2.05, 4.69) is 60.5 Å². The Morgan fingerprint density at radius 1 is 1.22 bits per heavy atom. The standard InChI is InChI=1S/C24H30F3N3OS/c1-17-5-4-6-18(13-17)14-23(30(2)3)11-9-20(10-12-23)29-21(31)16-32-22-8-7-19(15-28-22)24(25,26)27/h4-8,13,15,20H,9-12,14,16H2,1-3H3,(H,29,31). The number of aromatic nitrogens is 1. The Kier molecular flexibility index (Phi) is 7.88. The second-order valence-electron chi connectivity index (χ2n) is 8.80. The number of nitrogens with one attached hydrogen (secondary N) is 1. The Labute approximate surface area is 192 Å². The van der Waals surface area contributed by atoms with Crippen molar-refractivity contribution < 1.29 is 18.0 Å². The van der Waals surface area contributed by atoms with E-state index < -0.39 is 11.7 Å². The number of hydrogen-bond acceptors (Lipinski definition) is 4. The molecule has 0 atom stereocenters. The highest BCUT2D eigenvalue weighted by atomic mass is 32.2. The first-order valence-electron chi connectivity index (χ1n) is 10.8. The molecule has 0 unspecified atom stereocenters. The first-order chi connectivity index (χ1) is 15.1. The normalized spacial score (nSPS) is 21.5. The number of rotatable bonds is 7. The summed E-state index contributed by atoms with van der Waals surface area (Å²) in [5.74, 6) is 0.0227. The number of nitrogens with zero attached hydrogens (tertiary/aromatic N) is 2. The molecular weight excluding hydrogens is 435 g/mol. The van der Waals surface area contributed by atoms with E-state index in [9.17, 15) is 18.0 Å². The molecule has 1 saturated carbocycles. The average Bonchev–Trinajstić information content (AvgIpc) is 2.73. The molecule has 0 radical (unpaired) electrons. The molecule has 1 aromatic heterocycles. The number of likely N-dealkylation sites (N-methyl/N-ethyl adjacent to an activating group) is 1. The fourth-order valence-electron chi connectivity index (χ4n) is 4.33. The number of carbonyl (C=O) groups excluding carboxylic acids is 1. The maximum atomic E-state index is 12.6. The van der Waals surface area contributed by atoms with Gasteiger partial charge in [0.15, 0.2) is 0 Å². The van der Waals surface area contributed by atoms with Gasteiger partial charge >= 0.3 is 6.18 Å². The lowest BCUT2D eigenvalue weighted by Crippen LogP contribution is -2.52. The van der Waals surface area contributed by atoms with Crippen molar-refractivity contribution in [1.29, 1.82) is 0 Å². The van der Waals surface area contributed by atoms with Gasteiger partial charge < -0.3 is 10.2 Å². The summed E-state index contributed by atoms with van der Waals surface area (Å²) in [5.41, 5.74) is 1.89. The predicted molar refractivity (Wildman–Crippen MR) is 122 cm³/mol. The number of hydrogen-bond donors (Lipinski definition) is 1. The van der Waals surface area contributed by atoms with Crippen LogP contribution in [0.4, 0.5) is 13.2 Å². The van der Waals surface area contributed by atoms with Crippen molar-refractivity contribution in [1.82, 2.24) is 15.2 Å². The molecule has 1 amide bonds. The van der Waals surface area contributed by atoms with Crippen molar-refractivity contribution in [3.63, 3.8) is 0 Å². The van der Waals surface area contributed by atoms with Crippen LogP contribution >= 0.6 is 11.8 Å². The van der Waals surface area contributed by atoms with Crippen molar-refractivity contribution in [2.45, 2.75) is 61.8 Å². The number of amides is 1. The lowest BCUT2D eigenvalue weighted by molar-refractivity contribution is -0.137. The van der Waals surface area contributed by atoms with Crippen molar-refractivity contribution in [3.8, 4) is 0 Å². The Hall–Kier alpha value is -2.06. The van der Waals surface area contributed by atoms with E-state index in [1.807, 2.05) is 0 Å². The van der Waals surface area contributed by atoms with E-state index in [1.54, 1.807) is 0 Å². The third-order valence-corrected chi connectivity index (χ3v) is 7.20. The molecule has 8 heteroatoms. The van der Waals surface area contributed by atoms with E-state index >= 15 is 0 Å². The zero-order valence-electron chi connectivity index (χ0n) is 18.7. The quantitative estimate of drug-likeness (QED) is 0.578. The second-order valence-corrected chi connectivity index (χ2v) is 9.79. The monoisotopic (exact) mass is 465 g/mol. The van der Waals surface area contributed by atoms with Gasteiger partial charge in [-0.2, -0.15) is 13.2 Å². The molecule has 1 aromatic carbocycles. The first-order valence-corrected chi connectivity index (χ1v) is 11.7. The molecule has 0 spiro atoms. The van der Waals surface area contributed by atoms with E-state index in [-0.39, 0.29) is 23.2 Å². The number of pyridine rings is 1. The van der Waals surface area contributed by atoms with Crippen LogP contribution in [0.2, 0.25) is 0 Å². The van der Waals surface area contributed by atoms with Gasteiger partial charge in [-0.25, -0.2) is 4.98 Å². The van der Waals surface area contributed by atoms with Crippen LogP contribution in [0.15, 0.2) is 47.6 Å². The Morgan fingerprint density at radius 3 is 2.50 bits per heavy atom. The van der Waals surface area contributed by atoms with Gasteiger partial charge in [0.1, 0.15) is 0 Å². The summed E-state index contributed by atoms with van der Waals surface area (Å²) < 4.78 is 37.9. The topological polar surface area (TPSA) is 45.2 Å². The Morgan fingerprint density at radius 2 is 1.94 bits per heavy atom. The molecular formula is C24H30F3N3OS. The molecule has 3 rings (SSSR count). The fraction of sp³-hybridized carbons (Fsp3) is 0.500. The summed E-state index contributed by atoms with van der Waals surface area (Å²) >= 11 is 1.15. The van der Waals surface area contributed by atoms with Gasteiger partial charge in [-0.3, -0.25) is 4.79 Å². The highest BCUT2D eigenvalue weighted by Gasteiger charge is 2.37. The van der Waals surface area contributed by atoms with E-state index in [4.69, 9.17) is 0 Å². The molecule has 32 heavy (non-hydrogen) atoms. The highest BCUT2D eigenvalue weighted by Crippen LogP contribution is 2.36. The molecule has 1 aliphatic rings. The van der Waals surface area contributed by atoms with Gasteiger partial charge in [0.05, 0.1) is 16.3 Å². The van der Waals surface area contributed by atoms with Crippen LogP contribution in [0.5, 0.6) is 0 Å². The SMILES string of the molecule is Cc1cccc(CC2(N(C)C)CCC(NC(=O)CSc3ccc(C(F)(F)F)cn3)CC2)c1. The summed E-state index contributed by atoms with van der Waals surface area (Å²) in [7, 11) is 4.25. The summed E-state index contributed by atoms with van der Waals surface area (Å²) in [6.07, 6.45) is 1.17. The molecule has 0 saturated heterocycles. The zero-order chi connectivity index (χ0) is 23.4. The fourth-order valence-corrected chi connectivity index (χ4v) is 4.98. The number of benzene rings is 1. The first kappa shape index (κ1) is 24.6. The lowest BCUT2D eigenvalue weighted by atomic mass is 9.74. The smallest absolute Gasteiger partial charge is 0.353 e.